The molecule has 0 fully saturated rings. The summed E-state index contributed by atoms with van der Waals surface area (Å²) < 4.78 is 36.4. The molecule has 0 amide bonds. The molecule has 0 aliphatic heterocycles. The lowest BCUT2D eigenvalue weighted by molar-refractivity contribution is 0.101. The van der Waals surface area contributed by atoms with Crippen LogP contribution >= 0.6 is 0 Å². The van der Waals surface area contributed by atoms with Crippen LogP contribution in [0.4, 0.5) is 0 Å². The minimum atomic E-state index is -4.73. The van der Waals surface area contributed by atoms with Gasteiger partial charge in [0.2, 0.25) is 0 Å². The van der Waals surface area contributed by atoms with E-state index in [0.717, 1.165) is 19.1 Å². The maximum Gasteiger partial charge on any atom is 0.336 e. The molecule has 1 heterocycles. The summed E-state index contributed by atoms with van der Waals surface area (Å²) in [5, 5.41) is 9.99. The van der Waals surface area contributed by atoms with Crippen LogP contribution in [-0.4, -0.2) is 23.9 Å². The number of phenols is 1. The lowest BCUT2D eigenvalue weighted by Crippen LogP contribution is -2.07. The molecule has 2 rings (SSSR count). The highest BCUT2D eigenvalue weighted by molar-refractivity contribution is 7.86. The molecule has 7 nitrogen and oxygen atoms in total. The summed E-state index contributed by atoms with van der Waals surface area (Å²) >= 11 is 0. The van der Waals surface area contributed by atoms with Crippen LogP contribution < -0.4 is 5.63 Å². The van der Waals surface area contributed by atoms with Gasteiger partial charge < -0.3 is 9.52 Å². The summed E-state index contributed by atoms with van der Waals surface area (Å²) in [4.78, 5) is 22.1. The quantitative estimate of drug-likeness (QED) is 0.486. The SMILES string of the molecule is CC(=O)c1c(O)c(S(=O)(=O)O)cc2c(C)cc(=O)oc12. The molecular formula is C12H10O7S. The van der Waals surface area contributed by atoms with Crippen LogP contribution in [0, 0.1) is 6.92 Å². The lowest BCUT2D eigenvalue weighted by atomic mass is 10.0. The highest BCUT2D eigenvalue weighted by Gasteiger charge is 2.25. The Kier molecular flexibility index (Phi) is 3.15. The zero-order chi connectivity index (χ0) is 15.2. The molecule has 0 unspecified atom stereocenters. The predicted octanol–water partition coefficient (Wildman–Crippen LogP) is 1.26. The Balaban J connectivity index is 3.16. The number of fused-ring (bicyclic) bond motifs is 1. The molecule has 106 valence electrons. The number of benzene rings is 1. The average molecular weight is 298 g/mol. The second-order valence-electron chi connectivity index (χ2n) is 4.25. The number of Topliss-reactive ketones (excluding diaryl/α,β-unsaturated/α-hetero) is 1. The van der Waals surface area contributed by atoms with Crippen molar-refractivity contribution in [2.24, 2.45) is 0 Å². The molecule has 0 saturated carbocycles. The van der Waals surface area contributed by atoms with E-state index >= 15 is 0 Å². The third kappa shape index (κ3) is 2.19. The zero-order valence-corrected chi connectivity index (χ0v) is 11.3. The first-order valence-electron chi connectivity index (χ1n) is 5.41. The van der Waals surface area contributed by atoms with Crippen molar-refractivity contribution in [3.05, 3.63) is 33.7 Å². The van der Waals surface area contributed by atoms with Gasteiger partial charge in [-0.05, 0) is 25.5 Å². The Hall–Kier alpha value is -2.19. The standard InChI is InChI=1S/C12H10O7S/c1-5-3-9(14)19-12-7(5)4-8(20(16,17)18)11(15)10(12)6(2)13/h3-4,15H,1-2H3,(H,16,17,18). The predicted molar refractivity (Wildman–Crippen MR) is 68.7 cm³/mol. The van der Waals surface area contributed by atoms with E-state index in [9.17, 15) is 23.1 Å². The molecule has 0 bridgehead atoms. The van der Waals surface area contributed by atoms with E-state index in [4.69, 9.17) is 8.97 Å². The van der Waals surface area contributed by atoms with E-state index in [1.54, 1.807) is 0 Å². The van der Waals surface area contributed by atoms with Gasteiger partial charge in [-0.2, -0.15) is 8.42 Å². The van der Waals surface area contributed by atoms with E-state index < -0.39 is 37.7 Å². The zero-order valence-electron chi connectivity index (χ0n) is 10.5. The number of carbonyl (C=O) groups is 1. The molecule has 2 aromatic rings. The number of carbonyl (C=O) groups excluding carboxylic acids is 1. The average Bonchev–Trinajstić information content (AvgIpc) is 2.25. The van der Waals surface area contributed by atoms with Crippen molar-refractivity contribution in [3.8, 4) is 5.75 Å². The van der Waals surface area contributed by atoms with Gasteiger partial charge in [0, 0.05) is 11.5 Å². The second-order valence-corrected chi connectivity index (χ2v) is 5.64. The van der Waals surface area contributed by atoms with Crippen LogP contribution in [0.25, 0.3) is 11.0 Å². The number of aryl methyl sites for hydroxylation is 1. The minimum Gasteiger partial charge on any atom is -0.506 e. The summed E-state index contributed by atoms with van der Waals surface area (Å²) in [5.41, 5.74) is -1.07. The summed E-state index contributed by atoms with van der Waals surface area (Å²) in [6.45, 7) is 2.58. The molecule has 0 aliphatic carbocycles. The fourth-order valence-corrected chi connectivity index (χ4v) is 2.55. The Bertz CT molecular complexity index is 890. The van der Waals surface area contributed by atoms with E-state index in [0.29, 0.717) is 5.56 Å². The number of rotatable bonds is 2. The fraction of sp³-hybridized carbons (Fsp3) is 0.167. The van der Waals surface area contributed by atoms with Crippen LogP contribution in [-0.2, 0) is 10.1 Å². The van der Waals surface area contributed by atoms with Gasteiger partial charge in [0.15, 0.2) is 17.1 Å². The van der Waals surface area contributed by atoms with Gasteiger partial charge in [-0.15, -0.1) is 0 Å². The number of hydrogen-bond donors (Lipinski definition) is 2. The third-order valence-corrected chi connectivity index (χ3v) is 3.68. The maximum atomic E-state index is 11.6. The molecule has 0 spiro atoms. The number of aromatic hydroxyl groups is 1. The number of hydrogen-bond acceptors (Lipinski definition) is 6. The maximum absolute atomic E-state index is 11.6. The number of ketones is 1. The molecular weight excluding hydrogens is 288 g/mol. The molecule has 0 radical (unpaired) electrons. The van der Waals surface area contributed by atoms with Gasteiger partial charge >= 0.3 is 5.63 Å². The Morgan fingerprint density at radius 3 is 2.40 bits per heavy atom. The molecule has 1 aromatic heterocycles. The molecule has 0 atom stereocenters. The van der Waals surface area contributed by atoms with Crippen molar-refractivity contribution in [1.82, 2.24) is 0 Å². The lowest BCUT2D eigenvalue weighted by Gasteiger charge is -2.10. The van der Waals surface area contributed by atoms with Crippen LogP contribution in [0.3, 0.4) is 0 Å². The molecule has 0 saturated heterocycles. The highest BCUT2D eigenvalue weighted by Crippen LogP contribution is 2.35. The summed E-state index contributed by atoms with van der Waals surface area (Å²) in [6, 6.07) is 2.06. The van der Waals surface area contributed by atoms with Crippen molar-refractivity contribution >= 4 is 26.9 Å². The topological polar surface area (TPSA) is 122 Å². The van der Waals surface area contributed by atoms with E-state index in [-0.39, 0.29) is 11.0 Å². The van der Waals surface area contributed by atoms with Crippen LogP contribution in [0.5, 0.6) is 5.75 Å². The Morgan fingerprint density at radius 2 is 1.90 bits per heavy atom. The van der Waals surface area contributed by atoms with Crippen molar-refractivity contribution in [2.75, 3.05) is 0 Å². The fourth-order valence-electron chi connectivity index (χ4n) is 1.94. The van der Waals surface area contributed by atoms with Crippen molar-refractivity contribution in [2.45, 2.75) is 18.7 Å². The molecule has 2 N–H and O–H groups in total. The van der Waals surface area contributed by atoms with Crippen molar-refractivity contribution in [1.29, 1.82) is 0 Å². The summed E-state index contributed by atoms with van der Waals surface area (Å²) in [6.07, 6.45) is 0. The minimum absolute atomic E-state index is 0.139. The molecule has 20 heavy (non-hydrogen) atoms. The van der Waals surface area contributed by atoms with Gasteiger partial charge in [-0.25, -0.2) is 4.79 Å². The van der Waals surface area contributed by atoms with E-state index in [1.807, 2.05) is 0 Å². The van der Waals surface area contributed by atoms with Gasteiger partial charge in [0.25, 0.3) is 10.1 Å². The first-order valence-corrected chi connectivity index (χ1v) is 6.85. The number of phenolic OH excluding ortho intramolecular Hbond substituents is 1. The van der Waals surface area contributed by atoms with Crippen molar-refractivity contribution in [3.63, 3.8) is 0 Å². The van der Waals surface area contributed by atoms with Crippen LogP contribution in [0.2, 0.25) is 0 Å². The smallest absolute Gasteiger partial charge is 0.336 e. The first kappa shape index (κ1) is 14.2. The van der Waals surface area contributed by atoms with E-state index in [1.165, 1.54) is 6.92 Å². The first-order chi connectivity index (χ1) is 9.12. The van der Waals surface area contributed by atoms with Gasteiger partial charge in [0.1, 0.15) is 10.5 Å². The Labute approximate surface area is 113 Å². The molecule has 0 aliphatic rings. The molecule has 8 heteroatoms. The normalized spacial score (nSPS) is 11.8. The van der Waals surface area contributed by atoms with Crippen molar-refractivity contribution < 1.29 is 27.3 Å². The van der Waals surface area contributed by atoms with E-state index in [2.05, 4.69) is 0 Å². The molecule has 1 aromatic carbocycles. The van der Waals surface area contributed by atoms with Crippen LogP contribution in [0.15, 0.2) is 26.2 Å². The highest BCUT2D eigenvalue weighted by atomic mass is 32.2. The summed E-state index contributed by atoms with van der Waals surface area (Å²) in [7, 11) is -4.73. The monoisotopic (exact) mass is 298 g/mol. The summed E-state index contributed by atoms with van der Waals surface area (Å²) in [5.74, 6) is -1.65. The largest absolute Gasteiger partial charge is 0.506 e. The van der Waals surface area contributed by atoms with Gasteiger partial charge in [-0.1, -0.05) is 0 Å². The second kappa shape index (κ2) is 4.43. The van der Waals surface area contributed by atoms with Crippen LogP contribution in [0.1, 0.15) is 22.8 Å². The Morgan fingerprint density at radius 1 is 1.30 bits per heavy atom. The van der Waals surface area contributed by atoms with Gasteiger partial charge in [0.05, 0.1) is 0 Å². The van der Waals surface area contributed by atoms with Gasteiger partial charge in [-0.3, -0.25) is 9.35 Å². The third-order valence-electron chi connectivity index (χ3n) is 2.81.